The quantitative estimate of drug-likeness (QED) is 0.700. The Labute approximate surface area is 70.5 Å². The van der Waals surface area contributed by atoms with Crippen molar-refractivity contribution in [2.75, 3.05) is 5.32 Å². The maximum absolute atomic E-state index is 10.5. The van der Waals surface area contributed by atoms with Crippen LogP contribution in [0.4, 0.5) is 10.6 Å². The molecule has 0 unspecified atom stereocenters. The molecule has 0 aliphatic heterocycles. The molecule has 3 N–H and O–H groups in total. The Hall–Kier alpha value is -1.52. The molecule has 0 saturated carbocycles. The molecule has 0 atom stereocenters. The van der Waals surface area contributed by atoms with Gasteiger partial charge in [-0.1, -0.05) is 6.92 Å². The third-order valence-electron chi connectivity index (χ3n) is 1.40. The third kappa shape index (κ3) is 1.98. The van der Waals surface area contributed by atoms with Crippen LogP contribution in [0.2, 0.25) is 0 Å². The Balaban J connectivity index is 2.69. The minimum atomic E-state index is -0.562. The normalized spacial score (nSPS) is 9.75. The van der Waals surface area contributed by atoms with Crippen LogP contribution in [0.5, 0.6) is 0 Å². The Kier molecular flexibility index (Phi) is 2.68. The van der Waals surface area contributed by atoms with Gasteiger partial charge in [0.15, 0.2) is 0 Å². The summed E-state index contributed by atoms with van der Waals surface area (Å²) in [5.41, 5.74) is 4.96. The zero-order valence-corrected chi connectivity index (χ0v) is 6.95. The molecular formula is C7H12N4O. The maximum atomic E-state index is 10.5. The number of aromatic nitrogens is 2. The molecule has 0 fully saturated rings. The highest BCUT2D eigenvalue weighted by atomic mass is 16.2. The number of urea groups is 1. The van der Waals surface area contributed by atoms with Gasteiger partial charge in [-0.2, -0.15) is 5.10 Å². The number of nitrogens with one attached hydrogen (secondary N) is 1. The van der Waals surface area contributed by atoms with Gasteiger partial charge in [-0.3, -0.25) is 5.32 Å². The predicted octanol–water partition coefficient (Wildman–Crippen LogP) is 0.784. The molecule has 1 rings (SSSR count). The van der Waals surface area contributed by atoms with Gasteiger partial charge in [0.1, 0.15) is 5.82 Å². The van der Waals surface area contributed by atoms with Crippen LogP contribution >= 0.6 is 0 Å². The molecule has 66 valence electrons. The number of anilines is 1. The number of rotatable bonds is 3. The summed E-state index contributed by atoms with van der Waals surface area (Å²) in [6, 6.07) is 1.15. The van der Waals surface area contributed by atoms with Crippen molar-refractivity contribution in [3.8, 4) is 0 Å². The van der Waals surface area contributed by atoms with Gasteiger partial charge >= 0.3 is 6.03 Å². The molecule has 5 heteroatoms. The lowest BCUT2D eigenvalue weighted by Crippen LogP contribution is -2.21. The zero-order valence-electron chi connectivity index (χ0n) is 6.95. The summed E-state index contributed by atoms with van der Waals surface area (Å²) in [5, 5.41) is 6.48. The molecule has 12 heavy (non-hydrogen) atoms. The summed E-state index contributed by atoms with van der Waals surface area (Å²) in [7, 11) is 0. The first kappa shape index (κ1) is 8.58. The molecule has 2 amide bonds. The standard InChI is InChI=1S/C7H12N4O/c1-2-5-11-6(3-4-9-11)10-7(8)12/h3-4H,2,5H2,1H3,(H3,8,10,12). The van der Waals surface area contributed by atoms with E-state index in [4.69, 9.17) is 5.73 Å². The van der Waals surface area contributed by atoms with E-state index in [0.717, 1.165) is 13.0 Å². The predicted molar refractivity (Wildman–Crippen MR) is 45.7 cm³/mol. The topological polar surface area (TPSA) is 72.9 Å². The van der Waals surface area contributed by atoms with Crippen LogP contribution in [0.1, 0.15) is 13.3 Å². The van der Waals surface area contributed by atoms with E-state index in [2.05, 4.69) is 10.4 Å². The first-order valence-electron chi connectivity index (χ1n) is 3.82. The molecule has 0 spiro atoms. The minimum absolute atomic E-state index is 0.562. The van der Waals surface area contributed by atoms with Crippen LogP contribution in [0.25, 0.3) is 0 Å². The summed E-state index contributed by atoms with van der Waals surface area (Å²) in [6.07, 6.45) is 2.59. The average molecular weight is 168 g/mol. The molecule has 0 bridgehead atoms. The van der Waals surface area contributed by atoms with Gasteiger partial charge in [0.25, 0.3) is 0 Å². The monoisotopic (exact) mass is 168 g/mol. The fourth-order valence-electron chi connectivity index (χ4n) is 0.955. The summed E-state index contributed by atoms with van der Waals surface area (Å²) >= 11 is 0. The lowest BCUT2D eigenvalue weighted by atomic mass is 10.5. The number of aryl methyl sites for hydroxylation is 1. The van der Waals surface area contributed by atoms with E-state index >= 15 is 0 Å². The fourth-order valence-corrected chi connectivity index (χ4v) is 0.955. The van der Waals surface area contributed by atoms with E-state index in [9.17, 15) is 4.79 Å². The van der Waals surface area contributed by atoms with E-state index < -0.39 is 6.03 Å². The summed E-state index contributed by atoms with van der Waals surface area (Å²) in [6.45, 7) is 2.82. The van der Waals surface area contributed by atoms with Crippen LogP contribution in [-0.2, 0) is 6.54 Å². The summed E-state index contributed by atoms with van der Waals surface area (Å²) < 4.78 is 1.70. The molecular weight excluding hydrogens is 156 g/mol. The zero-order chi connectivity index (χ0) is 8.97. The second-order valence-corrected chi connectivity index (χ2v) is 2.43. The second-order valence-electron chi connectivity index (χ2n) is 2.43. The highest BCUT2D eigenvalue weighted by Crippen LogP contribution is 2.05. The van der Waals surface area contributed by atoms with Crippen LogP contribution in [-0.4, -0.2) is 15.8 Å². The summed E-state index contributed by atoms with van der Waals surface area (Å²) in [4.78, 5) is 10.5. The Morgan fingerprint density at radius 3 is 3.17 bits per heavy atom. The van der Waals surface area contributed by atoms with Crippen molar-refractivity contribution < 1.29 is 4.79 Å². The van der Waals surface area contributed by atoms with Crippen LogP contribution in [0.3, 0.4) is 0 Å². The largest absolute Gasteiger partial charge is 0.351 e. The van der Waals surface area contributed by atoms with Gasteiger partial charge in [-0.05, 0) is 6.42 Å². The van der Waals surface area contributed by atoms with Crippen molar-refractivity contribution in [1.29, 1.82) is 0 Å². The highest BCUT2D eigenvalue weighted by Gasteiger charge is 2.01. The average Bonchev–Trinajstić information content (AvgIpc) is 2.37. The van der Waals surface area contributed by atoms with Crippen molar-refractivity contribution in [3.63, 3.8) is 0 Å². The van der Waals surface area contributed by atoms with Crippen LogP contribution in [0, 0.1) is 0 Å². The number of primary amides is 1. The van der Waals surface area contributed by atoms with Crippen molar-refractivity contribution >= 4 is 11.8 Å². The van der Waals surface area contributed by atoms with Gasteiger partial charge in [0.05, 0.1) is 6.20 Å². The first-order valence-corrected chi connectivity index (χ1v) is 3.82. The molecule has 0 aromatic carbocycles. The molecule has 0 radical (unpaired) electrons. The molecule has 5 nitrogen and oxygen atoms in total. The molecule has 0 aliphatic rings. The van der Waals surface area contributed by atoms with Gasteiger partial charge < -0.3 is 5.73 Å². The Morgan fingerprint density at radius 2 is 2.58 bits per heavy atom. The van der Waals surface area contributed by atoms with E-state index in [0.29, 0.717) is 5.82 Å². The summed E-state index contributed by atoms with van der Waals surface area (Å²) in [5.74, 6) is 0.643. The van der Waals surface area contributed by atoms with E-state index in [1.807, 2.05) is 6.92 Å². The minimum Gasteiger partial charge on any atom is -0.351 e. The Bertz CT molecular complexity index is 268. The number of carbonyl (C=O) groups is 1. The van der Waals surface area contributed by atoms with E-state index in [1.54, 1.807) is 16.9 Å². The fraction of sp³-hybridized carbons (Fsp3) is 0.429. The van der Waals surface area contributed by atoms with Gasteiger partial charge in [-0.15, -0.1) is 0 Å². The molecule has 1 heterocycles. The number of nitrogens with two attached hydrogens (primary N) is 1. The molecule has 1 aromatic heterocycles. The highest BCUT2D eigenvalue weighted by molar-refractivity contribution is 5.86. The maximum Gasteiger partial charge on any atom is 0.317 e. The van der Waals surface area contributed by atoms with Crippen molar-refractivity contribution in [3.05, 3.63) is 12.3 Å². The van der Waals surface area contributed by atoms with E-state index in [-0.39, 0.29) is 0 Å². The molecule has 0 aliphatic carbocycles. The SMILES string of the molecule is CCCn1nccc1NC(N)=O. The van der Waals surface area contributed by atoms with Gasteiger partial charge in [-0.25, -0.2) is 9.48 Å². The number of nitrogens with zero attached hydrogens (tertiary/aromatic N) is 2. The van der Waals surface area contributed by atoms with Gasteiger partial charge in [0, 0.05) is 12.6 Å². The molecule has 0 saturated heterocycles. The Morgan fingerprint density at radius 1 is 1.83 bits per heavy atom. The van der Waals surface area contributed by atoms with Crippen molar-refractivity contribution in [2.45, 2.75) is 19.9 Å². The van der Waals surface area contributed by atoms with Crippen molar-refractivity contribution in [1.82, 2.24) is 9.78 Å². The number of amides is 2. The second kappa shape index (κ2) is 3.75. The van der Waals surface area contributed by atoms with E-state index in [1.165, 1.54) is 0 Å². The third-order valence-corrected chi connectivity index (χ3v) is 1.40. The lowest BCUT2D eigenvalue weighted by Gasteiger charge is -2.04. The number of hydrogen-bond donors (Lipinski definition) is 2. The van der Waals surface area contributed by atoms with Crippen LogP contribution < -0.4 is 11.1 Å². The number of hydrogen-bond acceptors (Lipinski definition) is 2. The van der Waals surface area contributed by atoms with Gasteiger partial charge in [0.2, 0.25) is 0 Å². The smallest absolute Gasteiger partial charge is 0.317 e. The first-order chi connectivity index (χ1) is 5.74. The molecule has 1 aromatic rings. The number of carbonyl (C=O) groups excluding carboxylic acids is 1. The lowest BCUT2D eigenvalue weighted by molar-refractivity contribution is 0.259. The van der Waals surface area contributed by atoms with Crippen molar-refractivity contribution in [2.24, 2.45) is 5.73 Å². The van der Waals surface area contributed by atoms with Crippen LogP contribution in [0.15, 0.2) is 12.3 Å².